The number of nitrogens with zero attached hydrogens (tertiary/aromatic N) is 4. The number of anilines is 1. The molecule has 5 rings (SSSR count). The molecule has 1 amide bonds. The average molecular weight is 457 g/mol. The molecule has 33 heavy (non-hydrogen) atoms. The number of aromatic nitrogens is 3. The lowest BCUT2D eigenvalue weighted by Gasteiger charge is -2.21. The Morgan fingerprint density at radius 2 is 1.64 bits per heavy atom. The number of para-hydroxylation sites is 2. The van der Waals surface area contributed by atoms with E-state index in [9.17, 15) is 9.59 Å². The van der Waals surface area contributed by atoms with Crippen molar-refractivity contribution < 1.29 is 4.79 Å². The van der Waals surface area contributed by atoms with Gasteiger partial charge < -0.3 is 9.47 Å². The van der Waals surface area contributed by atoms with Crippen LogP contribution in [0.25, 0.3) is 28.0 Å². The van der Waals surface area contributed by atoms with Crippen LogP contribution in [0.15, 0.2) is 83.7 Å². The molecular weight excluding hydrogens is 436 g/mol. The Hall–Kier alpha value is -3.90. The Labute approximate surface area is 195 Å². The summed E-state index contributed by atoms with van der Waals surface area (Å²) >= 11 is 5.99. The Morgan fingerprint density at radius 1 is 0.970 bits per heavy atom. The highest BCUT2D eigenvalue weighted by Crippen LogP contribution is 2.31. The van der Waals surface area contributed by atoms with Gasteiger partial charge in [-0.1, -0.05) is 48.0 Å². The van der Waals surface area contributed by atoms with Crippen LogP contribution in [0.4, 0.5) is 5.69 Å². The molecule has 0 spiro atoms. The molecule has 0 saturated carbocycles. The van der Waals surface area contributed by atoms with Gasteiger partial charge in [-0.05, 0) is 55.0 Å². The molecule has 7 heteroatoms. The Bertz CT molecular complexity index is 1500. The van der Waals surface area contributed by atoms with E-state index in [1.54, 1.807) is 36.2 Å². The number of rotatable bonds is 4. The molecule has 0 atom stereocenters. The van der Waals surface area contributed by atoms with Crippen LogP contribution in [-0.2, 0) is 11.3 Å². The molecule has 2 heterocycles. The lowest BCUT2D eigenvalue weighted by atomic mass is 10.0. The van der Waals surface area contributed by atoms with E-state index in [1.165, 1.54) is 4.68 Å². The molecule has 0 unspecified atom stereocenters. The lowest BCUT2D eigenvalue weighted by Crippen LogP contribution is -2.31. The highest BCUT2D eigenvalue weighted by atomic mass is 35.5. The maximum Gasteiger partial charge on any atom is 0.282 e. The van der Waals surface area contributed by atoms with Crippen molar-refractivity contribution in [3.05, 3.63) is 99.8 Å². The van der Waals surface area contributed by atoms with Crippen molar-refractivity contribution >= 4 is 34.1 Å². The predicted octanol–water partition coefficient (Wildman–Crippen LogP) is 4.92. The quantitative estimate of drug-likeness (QED) is 0.386. The molecule has 3 aromatic rings. The summed E-state index contributed by atoms with van der Waals surface area (Å²) in [6, 6.07) is 24.2. The molecule has 2 aliphatic heterocycles. The van der Waals surface area contributed by atoms with Crippen molar-refractivity contribution in [1.82, 2.24) is 14.3 Å². The van der Waals surface area contributed by atoms with E-state index < -0.39 is 0 Å². The van der Waals surface area contributed by atoms with Crippen molar-refractivity contribution in [3.8, 4) is 17.1 Å². The molecule has 2 aliphatic rings. The first-order valence-corrected chi connectivity index (χ1v) is 10.9. The van der Waals surface area contributed by atoms with E-state index >= 15 is 0 Å². The van der Waals surface area contributed by atoms with Crippen LogP contribution in [0.2, 0.25) is 5.02 Å². The van der Waals surface area contributed by atoms with E-state index in [0.717, 1.165) is 22.2 Å². The summed E-state index contributed by atoms with van der Waals surface area (Å²) in [6.45, 7) is 1.96. The third-order valence-electron chi connectivity index (χ3n) is 5.94. The number of hydrogen-bond acceptors (Lipinski definition) is 3. The van der Waals surface area contributed by atoms with Crippen molar-refractivity contribution in [2.45, 2.75) is 13.5 Å². The number of halogens is 1. The molecule has 0 aromatic heterocycles. The minimum absolute atomic E-state index is 0.0294. The number of carbonyl (C=O) groups is 1. The van der Waals surface area contributed by atoms with Gasteiger partial charge in [0.05, 0.1) is 16.8 Å². The third kappa shape index (κ3) is 3.58. The van der Waals surface area contributed by atoms with Crippen LogP contribution < -0.4 is 10.5 Å². The number of likely N-dealkylation sites (N-methyl/N-ethyl adjacent to an activating group) is 1. The summed E-state index contributed by atoms with van der Waals surface area (Å²) < 4.78 is 3.23. The number of fused-ring (bicyclic) bond motifs is 2. The molecule has 0 saturated heterocycles. The molecule has 6 nitrogen and oxygen atoms in total. The molecule has 0 aliphatic carbocycles. The average Bonchev–Trinajstić information content (AvgIpc) is 3.19. The van der Waals surface area contributed by atoms with Crippen LogP contribution in [0.1, 0.15) is 5.56 Å². The van der Waals surface area contributed by atoms with Gasteiger partial charge >= 0.3 is 0 Å². The van der Waals surface area contributed by atoms with Crippen LogP contribution in [0.5, 0.6) is 0 Å². The van der Waals surface area contributed by atoms with Gasteiger partial charge in [0, 0.05) is 23.1 Å². The van der Waals surface area contributed by atoms with Gasteiger partial charge in [-0.15, -0.1) is 5.10 Å². The summed E-state index contributed by atoms with van der Waals surface area (Å²) in [4.78, 5) is 28.3. The van der Waals surface area contributed by atoms with Crippen molar-refractivity contribution in [2.24, 2.45) is 0 Å². The largest absolute Gasteiger partial charge is 0.314 e. The van der Waals surface area contributed by atoms with Crippen molar-refractivity contribution in [2.75, 3.05) is 11.9 Å². The van der Waals surface area contributed by atoms with Crippen molar-refractivity contribution in [3.63, 3.8) is 0 Å². The fourth-order valence-corrected chi connectivity index (χ4v) is 4.26. The molecule has 3 aromatic carbocycles. The number of benzene rings is 3. The highest BCUT2D eigenvalue weighted by molar-refractivity contribution is 6.30. The first-order chi connectivity index (χ1) is 16.0. The first-order valence-electron chi connectivity index (χ1n) is 10.5. The monoisotopic (exact) mass is 456 g/mol. The fourth-order valence-electron chi connectivity index (χ4n) is 4.14. The highest BCUT2D eigenvalue weighted by Gasteiger charge is 2.26. The van der Waals surface area contributed by atoms with Gasteiger partial charge in [-0.2, -0.15) is 4.68 Å². The standard InChI is InChI=1S/C26H21ClN4O2/c1-17-21-10-6-7-11-22(21)30(16-23(32)29(2)19-14-12-18(27)13-15-19)25-24(17)26(33)31(28-25)20-8-4-3-5-9-20/h3-15H,16H2,1-2H3. The zero-order valence-corrected chi connectivity index (χ0v) is 19.0. The lowest BCUT2D eigenvalue weighted by molar-refractivity contribution is -0.118. The van der Waals surface area contributed by atoms with Gasteiger partial charge in [-0.25, -0.2) is 0 Å². The second kappa shape index (κ2) is 8.22. The normalized spacial score (nSPS) is 11.2. The smallest absolute Gasteiger partial charge is 0.282 e. The second-order valence-electron chi connectivity index (χ2n) is 7.91. The number of carbonyl (C=O) groups excluding carboxylic acids is 1. The van der Waals surface area contributed by atoms with E-state index in [4.69, 9.17) is 11.6 Å². The molecule has 0 bridgehead atoms. The van der Waals surface area contributed by atoms with Crippen molar-refractivity contribution in [1.29, 1.82) is 0 Å². The van der Waals surface area contributed by atoms with E-state index in [0.29, 0.717) is 22.1 Å². The summed E-state index contributed by atoms with van der Waals surface area (Å²) in [5, 5.41) is 6.19. The van der Waals surface area contributed by atoms with Gasteiger partial charge in [0.25, 0.3) is 5.56 Å². The Kier molecular flexibility index (Phi) is 5.23. The summed E-state index contributed by atoms with van der Waals surface area (Å²) in [5.74, 6) is 0.345. The predicted molar refractivity (Wildman–Crippen MR) is 132 cm³/mol. The molecule has 0 N–H and O–H groups in total. The van der Waals surface area contributed by atoms with Gasteiger partial charge in [0.15, 0.2) is 5.82 Å². The Balaban J connectivity index is 1.68. The van der Waals surface area contributed by atoms with E-state index in [1.807, 2.05) is 66.1 Å². The minimum Gasteiger partial charge on any atom is -0.314 e. The third-order valence-corrected chi connectivity index (χ3v) is 6.19. The fraction of sp³-hybridized carbons (Fsp3) is 0.115. The number of hydrogen-bond donors (Lipinski definition) is 0. The summed E-state index contributed by atoms with van der Waals surface area (Å²) in [5.41, 5.74) is 3.42. The van der Waals surface area contributed by atoms with E-state index in [-0.39, 0.29) is 18.0 Å². The van der Waals surface area contributed by atoms with Gasteiger partial charge in [-0.3, -0.25) is 9.59 Å². The van der Waals surface area contributed by atoms with Gasteiger partial charge in [0.1, 0.15) is 6.54 Å². The van der Waals surface area contributed by atoms with Crippen LogP contribution >= 0.6 is 11.6 Å². The molecule has 0 fully saturated rings. The number of amides is 1. The number of pyridine rings is 1. The van der Waals surface area contributed by atoms with Crippen LogP contribution in [0.3, 0.4) is 0 Å². The second-order valence-corrected chi connectivity index (χ2v) is 8.35. The van der Waals surface area contributed by atoms with E-state index in [2.05, 4.69) is 5.10 Å². The van der Waals surface area contributed by atoms with Crippen LogP contribution in [-0.4, -0.2) is 27.3 Å². The maximum absolute atomic E-state index is 13.4. The minimum atomic E-state index is -0.202. The molecule has 0 radical (unpaired) electrons. The molecule has 164 valence electrons. The summed E-state index contributed by atoms with van der Waals surface area (Å²) in [7, 11) is 1.72. The maximum atomic E-state index is 13.4. The topological polar surface area (TPSA) is 60.1 Å². The number of aryl methyl sites for hydroxylation is 1. The SMILES string of the molecule is Cc1c2c(=O)n(-c3ccccc3)nc-2n(CC(=O)N(C)c2ccc(Cl)cc2)c2ccccc12. The molecular formula is C26H21ClN4O2. The van der Waals surface area contributed by atoms with Gasteiger partial charge in [0.2, 0.25) is 5.91 Å². The first kappa shape index (κ1) is 21.0. The zero-order valence-electron chi connectivity index (χ0n) is 18.2. The summed E-state index contributed by atoms with van der Waals surface area (Å²) in [6.07, 6.45) is 0. The van der Waals surface area contributed by atoms with Crippen LogP contribution in [0, 0.1) is 6.92 Å². The zero-order chi connectivity index (χ0) is 23.1. The Morgan fingerprint density at radius 3 is 2.36 bits per heavy atom.